The lowest BCUT2D eigenvalue weighted by atomic mass is 9.56. The maximum atomic E-state index is 2.93. The molecule has 0 heterocycles. The lowest BCUT2D eigenvalue weighted by molar-refractivity contribution is 0.168. The van der Waals surface area contributed by atoms with Gasteiger partial charge in [-0.1, -0.05) is 145 Å². The average molecular weight is 647 g/mol. The van der Waals surface area contributed by atoms with E-state index in [0.29, 0.717) is 46.8 Å². The summed E-state index contributed by atoms with van der Waals surface area (Å²) in [7, 11) is 0. The highest BCUT2D eigenvalue weighted by atomic mass is 14.6. The predicted molar refractivity (Wildman–Crippen MR) is 207 cm³/mol. The molecule has 48 heavy (non-hydrogen) atoms. The summed E-state index contributed by atoms with van der Waals surface area (Å²) in [4.78, 5) is 0. The zero-order valence-corrected chi connectivity index (χ0v) is 33.2. The third-order valence-electron chi connectivity index (χ3n) is 15.7. The fraction of sp³-hybridized carbons (Fsp3) is 0.708. The first-order chi connectivity index (χ1) is 22.2. The van der Waals surface area contributed by atoms with Crippen LogP contribution in [0, 0.1) is 80.3 Å². The molecule has 7 rings (SSSR count). The second kappa shape index (κ2) is 11.3. The fourth-order valence-corrected chi connectivity index (χ4v) is 12.3. The topological polar surface area (TPSA) is 0 Å². The van der Waals surface area contributed by atoms with Crippen molar-refractivity contribution >= 4 is 0 Å². The van der Waals surface area contributed by atoms with Crippen LogP contribution in [0.4, 0.5) is 0 Å². The van der Waals surface area contributed by atoms with Crippen LogP contribution in [0.1, 0.15) is 140 Å². The summed E-state index contributed by atoms with van der Waals surface area (Å²) in [6.07, 6.45) is 19.6. The molecule has 8 unspecified atom stereocenters. The summed E-state index contributed by atoms with van der Waals surface area (Å²) in [5.41, 5.74) is 9.76. The van der Waals surface area contributed by atoms with Crippen molar-refractivity contribution in [2.45, 2.75) is 134 Å². The first-order valence-corrected chi connectivity index (χ1v) is 20.2. The molecule has 0 spiro atoms. The molecule has 6 aliphatic rings. The van der Waals surface area contributed by atoms with E-state index in [1.54, 1.807) is 27.9 Å². The molecule has 0 N–H and O–H groups in total. The predicted octanol–water partition coefficient (Wildman–Crippen LogP) is 13.6. The quantitative estimate of drug-likeness (QED) is 0.305. The Hall–Kier alpha value is -1.82. The van der Waals surface area contributed by atoms with Crippen molar-refractivity contribution < 1.29 is 0 Å². The second-order valence-electron chi connectivity index (χ2n) is 21.8. The molecular formula is C48H70. The highest BCUT2D eigenvalue weighted by Gasteiger charge is 2.59. The van der Waals surface area contributed by atoms with E-state index in [-0.39, 0.29) is 21.7 Å². The number of fused-ring (bicyclic) bond motifs is 5. The number of benzene rings is 1. The minimum atomic E-state index is 0.243. The van der Waals surface area contributed by atoms with Crippen molar-refractivity contribution in [2.75, 3.05) is 0 Å². The van der Waals surface area contributed by atoms with Gasteiger partial charge in [0.2, 0.25) is 0 Å². The molecule has 262 valence electrons. The first kappa shape index (κ1) is 34.6. The van der Waals surface area contributed by atoms with Gasteiger partial charge in [0.25, 0.3) is 0 Å². The van der Waals surface area contributed by atoms with Crippen LogP contribution in [-0.4, -0.2) is 0 Å². The molecule has 0 nitrogen and oxygen atoms in total. The van der Waals surface area contributed by atoms with Crippen LogP contribution in [0.5, 0.6) is 0 Å². The van der Waals surface area contributed by atoms with E-state index in [1.807, 2.05) is 0 Å². The molecule has 0 bridgehead atoms. The Morgan fingerprint density at radius 2 is 0.917 bits per heavy atom. The summed E-state index contributed by atoms with van der Waals surface area (Å²) < 4.78 is 0. The van der Waals surface area contributed by atoms with E-state index >= 15 is 0 Å². The Morgan fingerprint density at radius 3 is 1.29 bits per heavy atom. The molecule has 8 atom stereocenters. The lowest BCUT2D eigenvalue weighted by Crippen LogP contribution is -2.37. The van der Waals surface area contributed by atoms with Crippen LogP contribution in [0.15, 0.2) is 76.9 Å². The molecule has 0 radical (unpaired) electrons. The third-order valence-corrected chi connectivity index (χ3v) is 15.7. The first-order valence-electron chi connectivity index (χ1n) is 20.2. The largest absolute Gasteiger partial charge is 0.0764 e. The van der Waals surface area contributed by atoms with E-state index in [2.05, 4.69) is 145 Å². The van der Waals surface area contributed by atoms with Crippen LogP contribution >= 0.6 is 0 Å². The number of allylic oxidation sites excluding steroid dienone is 8. The molecule has 1 aromatic carbocycles. The Morgan fingerprint density at radius 1 is 0.542 bits per heavy atom. The van der Waals surface area contributed by atoms with Gasteiger partial charge in [0.15, 0.2) is 0 Å². The van der Waals surface area contributed by atoms with Gasteiger partial charge in [0.1, 0.15) is 0 Å². The Balaban J connectivity index is 1.46. The smallest absolute Gasteiger partial charge is 0.00907 e. The molecule has 0 saturated heterocycles. The summed E-state index contributed by atoms with van der Waals surface area (Å²) in [5, 5.41) is 0. The zero-order chi connectivity index (χ0) is 34.8. The summed E-state index contributed by atoms with van der Waals surface area (Å²) in [6.45, 7) is 33.0. The normalized spacial score (nSPS) is 38.0. The van der Waals surface area contributed by atoms with Gasteiger partial charge in [-0.15, -0.1) is 0 Å². The third kappa shape index (κ3) is 5.52. The van der Waals surface area contributed by atoms with E-state index in [0.717, 1.165) is 17.8 Å². The van der Waals surface area contributed by atoms with Crippen molar-refractivity contribution in [1.29, 1.82) is 0 Å². The van der Waals surface area contributed by atoms with Crippen LogP contribution in [-0.2, 0) is 0 Å². The highest BCUT2D eigenvalue weighted by molar-refractivity contribution is 5.52. The fourth-order valence-electron chi connectivity index (χ4n) is 12.3. The zero-order valence-electron chi connectivity index (χ0n) is 33.2. The van der Waals surface area contributed by atoms with Crippen LogP contribution < -0.4 is 0 Å². The van der Waals surface area contributed by atoms with Crippen molar-refractivity contribution in [3.63, 3.8) is 0 Å². The molecule has 1 aromatic rings. The van der Waals surface area contributed by atoms with E-state index in [1.165, 1.54) is 38.5 Å². The molecule has 0 heteroatoms. The van der Waals surface area contributed by atoms with E-state index in [9.17, 15) is 0 Å². The number of hydrogen-bond acceptors (Lipinski definition) is 0. The molecule has 0 aromatic heterocycles. The molecular weight excluding hydrogens is 577 g/mol. The van der Waals surface area contributed by atoms with Crippen LogP contribution in [0.25, 0.3) is 0 Å². The van der Waals surface area contributed by atoms with Gasteiger partial charge < -0.3 is 0 Å². The lowest BCUT2D eigenvalue weighted by Gasteiger charge is -2.48. The van der Waals surface area contributed by atoms with Crippen LogP contribution in [0.3, 0.4) is 0 Å². The van der Waals surface area contributed by atoms with Gasteiger partial charge in [-0.2, -0.15) is 0 Å². The second-order valence-corrected chi connectivity index (χ2v) is 21.8. The number of rotatable bonds is 4. The Bertz CT molecular complexity index is 1450. The summed E-state index contributed by atoms with van der Waals surface area (Å²) >= 11 is 0. The van der Waals surface area contributed by atoms with Crippen molar-refractivity contribution in [3.8, 4) is 0 Å². The standard InChI is InChI=1S/C48H70/c1-29(2)32-23-31(44(3,4)5)24-35(32)42(30-17-15-14-16-18-30)43-36-27-40-38(45(6,7)19-21-47(40,10)11)25-33(36)34-26-39-41(28-37(34)43)48(12,13)22-20-46(39,8)9/h14-18,25-29,31-37,42-43H,19-24H2,1-13H3. The highest BCUT2D eigenvalue weighted by Crippen LogP contribution is 2.67. The van der Waals surface area contributed by atoms with Gasteiger partial charge in [0, 0.05) is 0 Å². The van der Waals surface area contributed by atoms with Gasteiger partial charge in [0.05, 0.1) is 0 Å². The van der Waals surface area contributed by atoms with Crippen molar-refractivity contribution in [1.82, 2.24) is 0 Å². The van der Waals surface area contributed by atoms with Crippen LogP contribution in [0.2, 0.25) is 0 Å². The minimum absolute atomic E-state index is 0.243. The van der Waals surface area contributed by atoms with E-state index in [4.69, 9.17) is 0 Å². The minimum Gasteiger partial charge on any atom is -0.0764 e. The van der Waals surface area contributed by atoms with Crippen molar-refractivity contribution in [3.05, 3.63) is 82.5 Å². The van der Waals surface area contributed by atoms with Gasteiger partial charge in [-0.05, 0) is 153 Å². The van der Waals surface area contributed by atoms with Gasteiger partial charge in [-0.25, -0.2) is 0 Å². The Kier molecular flexibility index (Phi) is 8.18. The monoisotopic (exact) mass is 647 g/mol. The molecule has 0 amide bonds. The van der Waals surface area contributed by atoms with E-state index < -0.39 is 0 Å². The molecule has 4 saturated carbocycles. The maximum Gasteiger partial charge on any atom is -0.00907 e. The molecule has 6 aliphatic carbocycles. The van der Waals surface area contributed by atoms with Crippen molar-refractivity contribution in [2.24, 2.45) is 80.3 Å². The van der Waals surface area contributed by atoms with Gasteiger partial charge in [-0.3, -0.25) is 0 Å². The molecule has 0 aliphatic heterocycles. The average Bonchev–Trinajstić information content (AvgIpc) is 3.59. The summed E-state index contributed by atoms with van der Waals surface area (Å²) in [5.74, 6) is 6.52. The van der Waals surface area contributed by atoms with Gasteiger partial charge >= 0.3 is 0 Å². The number of hydrogen-bond donors (Lipinski definition) is 0. The maximum absolute atomic E-state index is 2.93. The molecule has 4 fully saturated rings. The SMILES string of the molecule is CC(C)C1CC(C(C)(C)C)CC1C(c1ccccc1)C1C2C=C3C(=CC2C2C=C4C(=CC21)C(C)(C)CCC4(C)C)C(C)(C)CCC3(C)C. The Labute approximate surface area is 296 Å². The summed E-state index contributed by atoms with van der Waals surface area (Å²) in [6, 6.07) is 12.0.